The predicted octanol–water partition coefficient (Wildman–Crippen LogP) is 0.362. The quantitative estimate of drug-likeness (QED) is 0.536. The lowest BCUT2D eigenvalue weighted by Crippen LogP contribution is -2.30. The summed E-state index contributed by atoms with van der Waals surface area (Å²) in [6.07, 6.45) is 0. The Balaban J connectivity index is 1.91. The zero-order valence-corrected chi connectivity index (χ0v) is 13.9. The van der Waals surface area contributed by atoms with Crippen molar-refractivity contribution in [1.82, 2.24) is 14.3 Å². The Kier molecular flexibility index (Phi) is 3.51. The van der Waals surface area contributed by atoms with E-state index in [1.807, 2.05) is 0 Å². The number of fused-ring (bicyclic) bond motifs is 4. The van der Waals surface area contributed by atoms with Crippen molar-refractivity contribution in [1.29, 1.82) is 0 Å². The third-order valence-corrected chi connectivity index (χ3v) is 4.60. The van der Waals surface area contributed by atoms with Crippen LogP contribution in [-0.2, 0) is 16.8 Å². The van der Waals surface area contributed by atoms with E-state index >= 15 is 0 Å². The summed E-state index contributed by atoms with van der Waals surface area (Å²) in [5, 5.41) is 5.10. The number of carbonyl (C=O) groups is 1. The normalized spacial score (nSPS) is 13.1. The average molecular weight is 374 g/mol. The van der Waals surface area contributed by atoms with Crippen LogP contribution >= 0.6 is 0 Å². The van der Waals surface area contributed by atoms with Crippen LogP contribution in [0.25, 0.3) is 16.6 Å². The highest BCUT2D eigenvalue weighted by Crippen LogP contribution is 2.27. The Morgan fingerprint density at radius 3 is 2.65 bits per heavy atom. The van der Waals surface area contributed by atoms with Gasteiger partial charge in [0.05, 0.1) is 22.2 Å². The molecule has 0 saturated heterocycles. The smallest absolute Gasteiger partial charge is 0.274 e. The van der Waals surface area contributed by atoms with Crippen molar-refractivity contribution in [2.45, 2.75) is 6.54 Å². The maximum atomic E-state index is 13.4. The second kappa shape index (κ2) is 5.53. The van der Waals surface area contributed by atoms with Gasteiger partial charge >= 0.3 is 0 Å². The minimum atomic E-state index is -3.88. The van der Waals surface area contributed by atoms with Crippen LogP contribution in [0.5, 0.6) is 0 Å². The minimum absolute atomic E-state index is 0.0704. The van der Waals surface area contributed by atoms with Gasteiger partial charge in [-0.25, -0.2) is 14.5 Å². The van der Waals surface area contributed by atoms with Crippen molar-refractivity contribution in [3.63, 3.8) is 0 Å². The van der Waals surface area contributed by atoms with E-state index in [0.29, 0.717) is 5.56 Å². The molecule has 1 aliphatic rings. The summed E-state index contributed by atoms with van der Waals surface area (Å²) < 4.78 is 38.7. The van der Waals surface area contributed by atoms with E-state index in [-0.39, 0.29) is 34.5 Å². The standard InChI is InChI=1S/C16H11FN4O4S/c17-9-2-4-13-11(6-9)14(22)15-20-12-3-1-8(7-19-26(18,24)25)5-10(12)16(23)21(13)15/h1-6,19H,7H2,(H2,18,24,25). The average Bonchev–Trinajstić information content (AvgIpc) is 2.85. The zero-order valence-electron chi connectivity index (χ0n) is 13.1. The van der Waals surface area contributed by atoms with Crippen LogP contribution in [0.3, 0.4) is 0 Å². The van der Waals surface area contributed by atoms with Crippen molar-refractivity contribution in [2.75, 3.05) is 0 Å². The fourth-order valence-electron chi connectivity index (χ4n) is 2.91. The predicted molar refractivity (Wildman–Crippen MR) is 90.7 cm³/mol. The van der Waals surface area contributed by atoms with Gasteiger partial charge in [-0.05, 0) is 35.9 Å². The topological polar surface area (TPSA) is 124 Å². The second-order valence-corrected chi connectivity index (χ2v) is 7.16. The molecule has 0 fully saturated rings. The van der Waals surface area contributed by atoms with Crippen LogP contribution in [0.4, 0.5) is 4.39 Å². The Morgan fingerprint density at radius 1 is 1.15 bits per heavy atom. The second-order valence-electron chi connectivity index (χ2n) is 5.78. The summed E-state index contributed by atoms with van der Waals surface area (Å²) in [5.74, 6) is -1.20. The molecule has 0 spiro atoms. The first kappa shape index (κ1) is 16.5. The van der Waals surface area contributed by atoms with E-state index in [1.165, 1.54) is 18.2 Å². The molecule has 132 valence electrons. The van der Waals surface area contributed by atoms with E-state index in [4.69, 9.17) is 5.14 Å². The van der Waals surface area contributed by atoms with Crippen LogP contribution in [0.2, 0.25) is 0 Å². The fourth-order valence-corrected chi connectivity index (χ4v) is 3.28. The number of nitrogens with zero attached hydrogens (tertiary/aromatic N) is 2. The molecule has 1 aromatic heterocycles. The van der Waals surface area contributed by atoms with Gasteiger partial charge in [0, 0.05) is 6.54 Å². The molecule has 0 bridgehead atoms. The molecule has 0 unspecified atom stereocenters. The van der Waals surface area contributed by atoms with Gasteiger partial charge in [-0.2, -0.15) is 13.1 Å². The van der Waals surface area contributed by atoms with Gasteiger partial charge in [-0.1, -0.05) is 6.07 Å². The lowest BCUT2D eigenvalue weighted by Gasteiger charge is -2.07. The molecule has 0 aliphatic carbocycles. The van der Waals surface area contributed by atoms with Gasteiger partial charge < -0.3 is 0 Å². The summed E-state index contributed by atoms with van der Waals surface area (Å²) in [6, 6.07) is 8.12. The minimum Gasteiger partial charge on any atom is -0.285 e. The van der Waals surface area contributed by atoms with Crippen molar-refractivity contribution < 1.29 is 17.6 Å². The molecule has 10 heteroatoms. The zero-order chi connectivity index (χ0) is 18.6. The van der Waals surface area contributed by atoms with E-state index < -0.39 is 27.4 Å². The molecular weight excluding hydrogens is 363 g/mol. The highest BCUT2D eigenvalue weighted by atomic mass is 32.2. The number of nitrogens with one attached hydrogen (secondary N) is 1. The number of hydrogen-bond acceptors (Lipinski definition) is 5. The molecule has 2 aromatic carbocycles. The highest BCUT2D eigenvalue weighted by Gasteiger charge is 2.30. The lowest BCUT2D eigenvalue weighted by atomic mass is 10.1. The maximum absolute atomic E-state index is 13.4. The summed E-state index contributed by atoms with van der Waals surface area (Å²) in [6.45, 7) is -0.101. The van der Waals surface area contributed by atoms with Crippen molar-refractivity contribution in [3.05, 3.63) is 69.5 Å². The molecule has 8 nitrogen and oxygen atoms in total. The molecule has 3 N–H and O–H groups in total. The van der Waals surface area contributed by atoms with E-state index in [1.54, 1.807) is 6.07 Å². The SMILES string of the molecule is NS(=O)(=O)NCc1ccc2nc3n(c(=O)c2c1)-c1ccc(F)cc1C3=O. The van der Waals surface area contributed by atoms with Crippen molar-refractivity contribution >= 4 is 26.9 Å². The maximum Gasteiger partial charge on any atom is 0.274 e. The molecule has 4 rings (SSSR count). The number of aromatic nitrogens is 2. The Morgan fingerprint density at radius 2 is 1.92 bits per heavy atom. The highest BCUT2D eigenvalue weighted by molar-refractivity contribution is 7.87. The first-order valence-electron chi connectivity index (χ1n) is 7.42. The Bertz CT molecular complexity index is 1270. The van der Waals surface area contributed by atoms with Gasteiger partial charge in [0.15, 0.2) is 5.82 Å². The summed E-state index contributed by atoms with van der Waals surface area (Å²) in [4.78, 5) is 29.5. The van der Waals surface area contributed by atoms with Gasteiger partial charge in [0.1, 0.15) is 5.82 Å². The first-order chi connectivity index (χ1) is 12.2. The van der Waals surface area contributed by atoms with Crippen LogP contribution in [0.15, 0.2) is 41.2 Å². The molecule has 26 heavy (non-hydrogen) atoms. The van der Waals surface area contributed by atoms with Crippen LogP contribution < -0.4 is 15.4 Å². The largest absolute Gasteiger partial charge is 0.285 e. The summed E-state index contributed by atoms with van der Waals surface area (Å²) in [7, 11) is -3.88. The van der Waals surface area contributed by atoms with Crippen molar-refractivity contribution in [3.8, 4) is 5.69 Å². The number of rotatable bonds is 3. The number of ketones is 1. The van der Waals surface area contributed by atoms with Crippen LogP contribution in [-0.4, -0.2) is 23.8 Å². The fraction of sp³-hybridized carbons (Fsp3) is 0.0625. The molecule has 0 radical (unpaired) electrons. The summed E-state index contributed by atoms with van der Waals surface area (Å²) >= 11 is 0. The Labute approximate surface area is 146 Å². The van der Waals surface area contributed by atoms with Gasteiger partial charge in [0.2, 0.25) is 5.78 Å². The third kappa shape index (κ3) is 2.60. The number of hydrogen-bond donors (Lipinski definition) is 2. The van der Waals surface area contributed by atoms with E-state index in [9.17, 15) is 22.4 Å². The lowest BCUT2D eigenvalue weighted by molar-refractivity contribution is 0.103. The van der Waals surface area contributed by atoms with Crippen LogP contribution in [0, 0.1) is 5.82 Å². The number of benzene rings is 2. The number of nitrogens with two attached hydrogens (primary N) is 1. The van der Waals surface area contributed by atoms with Gasteiger partial charge in [-0.15, -0.1) is 0 Å². The van der Waals surface area contributed by atoms with Gasteiger partial charge in [-0.3, -0.25) is 14.2 Å². The molecule has 3 aromatic rings. The summed E-state index contributed by atoms with van der Waals surface area (Å²) in [5.41, 5.74) is 0.609. The first-order valence-corrected chi connectivity index (χ1v) is 8.97. The van der Waals surface area contributed by atoms with Gasteiger partial charge in [0.25, 0.3) is 15.8 Å². The number of halogens is 1. The molecule has 2 heterocycles. The Hall–Kier alpha value is -2.95. The molecule has 0 atom stereocenters. The molecule has 0 amide bonds. The molecule has 0 saturated carbocycles. The molecule has 1 aliphatic heterocycles. The van der Waals surface area contributed by atoms with E-state index in [0.717, 1.165) is 16.7 Å². The van der Waals surface area contributed by atoms with Crippen LogP contribution in [0.1, 0.15) is 21.7 Å². The number of carbonyl (C=O) groups excluding carboxylic acids is 1. The van der Waals surface area contributed by atoms with Crippen molar-refractivity contribution in [2.24, 2.45) is 5.14 Å². The molecular formula is C16H11FN4O4S. The van der Waals surface area contributed by atoms with E-state index in [2.05, 4.69) is 9.71 Å². The monoisotopic (exact) mass is 374 g/mol. The third-order valence-electron chi connectivity index (χ3n) is 4.06.